The van der Waals surface area contributed by atoms with Gasteiger partial charge >= 0.3 is 0 Å². The molecule has 1 N–H and O–H groups in total. The van der Waals surface area contributed by atoms with Crippen molar-refractivity contribution in [2.75, 3.05) is 19.6 Å². The van der Waals surface area contributed by atoms with Crippen molar-refractivity contribution in [3.8, 4) is 0 Å². The number of likely N-dealkylation sites (tertiary alicyclic amines) is 1. The smallest absolute Gasteiger partial charge is 0.194 e. The van der Waals surface area contributed by atoms with Gasteiger partial charge in [-0.1, -0.05) is 13.8 Å². The van der Waals surface area contributed by atoms with Gasteiger partial charge in [0.1, 0.15) is 5.76 Å². The van der Waals surface area contributed by atoms with E-state index in [4.69, 9.17) is 9.41 Å². The molecule has 0 amide bonds. The SMILES string of the molecule is CCNC(=NCCc1ccco1)N1CC(C)(C)C1(C)C.I. The van der Waals surface area contributed by atoms with Crippen LogP contribution in [0.15, 0.2) is 27.8 Å². The molecule has 0 unspecified atom stereocenters. The molecular formula is C16H28IN3O. The number of nitrogens with one attached hydrogen (secondary N) is 1. The quantitative estimate of drug-likeness (QED) is 0.474. The Morgan fingerprint density at radius 2 is 2.10 bits per heavy atom. The Bertz CT molecular complexity index is 466. The third-order valence-corrected chi connectivity index (χ3v) is 4.67. The molecule has 1 saturated heterocycles. The van der Waals surface area contributed by atoms with E-state index in [1.807, 2.05) is 12.1 Å². The highest BCUT2D eigenvalue weighted by Gasteiger charge is 2.53. The number of rotatable bonds is 4. The Balaban J connectivity index is 0.00000220. The standard InChI is InChI=1S/C16H27N3O.HI/c1-6-17-14(18-10-9-13-8-7-11-20-13)19-12-15(2,3)16(19,4)5;/h7-8,11H,6,9-10,12H2,1-5H3,(H,17,18);1H. The molecule has 5 heteroatoms. The van der Waals surface area contributed by atoms with E-state index in [0.29, 0.717) is 5.41 Å². The fourth-order valence-electron chi connectivity index (χ4n) is 2.52. The van der Waals surface area contributed by atoms with Gasteiger partial charge < -0.3 is 14.6 Å². The molecule has 0 atom stereocenters. The Hall–Kier alpha value is -0.720. The minimum atomic E-state index is 0. The molecule has 120 valence electrons. The van der Waals surface area contributed by atoms with E-state index >= 15 is 0 Å². The van der Waals surface area contributed by atoms with E-state index in [-0.39, 0.29) is 29.5 Å². The Labute approximate surface area is 145 Å². The van der Waals surface area contributed by atoms with Crippen molar-refractivity contribution in [1.29, 1.82) is 0 Å². The maximum absolute atomic E-state index is 5.35. The highest BCUT2D eigenvalue weighted by Crippen LogP contribution is 2.46. The maximum atomic E-state index is 5.35. The largest absolute Gasteiger partial charge is 0.469 e. The van der Waals surface area contributed by atoms with Crippen LogP contribution in [-0.2, 0) is 6.42 Å². The first kappa shape index (κ1) is 18.3. The van der Waals surface area contributed by atoms with Crippen LogP contribution in [0, 0.1) is 5.41 Å². The molecular weight excluding hydrogens is 377 g/mol. The van der Waals surface area contributed by atoms with Crippen molar-refractivity contribution >= 4 is 29.9 Å². The van der Waals surface area contributed by atoms with Crippen LogP contribution in [0.1, 0.15) is 40.4 Å². The van der Waals surface area contributed by atoms with E-state index < -0.39 is 0 Å². The zero-order valence-corrected chi connectivity index (χ0v) is 16.1. The summed E-state index contributed by atoms with van der Waals surface area (Å²) in [7, 11) is 0. The van der Waals surface area contributed by atoms with Crippen LogP contribution in [0.3, 0.4) is 0 Å². The number of guanidine groups is 1. The second-order valence-electron chi connectivity index (χ2n) is 6.59. The van der Waals surface area contributed by atoms with E-state index in [1.54, 1.807) is 6.26 Å². The molecule has 21 heavy (non-hydrogen) atoms. The van der Waals surface area contributed by atoms with Crippen molar-refractivity contribution in [2.45, 2.75) is 46.6 Å². The number of halogens is 1. The van der Waals surface area contributed by atoms with Crippen LogP contribution >= 0.6 is 24.0 Å². The molecule has 0 radical (unpaired) electrons. The van der Waals surface area contributed by atoms with E-state index in [1.165, 1.54) is 0 Å². The average Bonchev–Trinajstić information content (AvgIpc) is 2.88. The minimum absolute atomic E-state index is 0. The summed E-state index contributed by atoms with van der Waals surface area (Å²) in [4.78, 5) is 7.12. The first-order chi connectivity index (χ1) is 9.38. The first-order valence-corrected chi connectivity index (χ1v) is 7.47. The van der Waals surface area contributed by atoms with Crippen LogP contribution in [0.5, 0.6) is 0 Å². The Morgan fingerprint density at radius 3 is 2.57 bits per heavy atom. The Kier molecular flexibility index (Phi) is 6.13. The van der Waals surface area contributed by atoms with Gasteiger partial charge in [0.15, 0.2) is 5.96 Å². The zero-order chi connectivity index (χ0) is 14.8. The number of aliphatic imine (C=N–C) groups is 1. The maximum Gasteiger partial charge on any atom is 0.194 e. The van der Waals surface area contributed by atoms with Gasteiger partial charge in [0.05, 0.1) is 6.26 Å². The van der Waals surface area contributed by atoms with Gasteiger partial charge in [-0.15, -0.1) is 24.0 Å². The summed E-state index contributed by atoms with van der Waals surface area (Å²) in [6.07, 6.45) is 2.56. The second kappa shape index (κ2) is 7.03. The molecule has 0 aliphatic carbocycles. The normalized spacial score (nSPS) is 19.7. The number of hydrogen-bond donors (Lipinski definition) is 1. The van der Waals surface area contributed by atoms with Crippen molar-refractivity contribution < 1.29 is 4.42 Å². The molecule has 0 aromatic carbocycles. The lowest BCUT2D eigenvalue weighted by Gasteiger charge is -2.62. The first-order valence-electron chi connectivity index (χ1n) is 7.47. The summed E-state index contributed by atoms with van der Waals surface area (Å²) >= 11 is 0. The number of nitrogens with zero attached hydrogens (tertiary/aromatic N) is 2. The summed E-state index contributed by atoms with van der Waals surface area (Å²) in [5.41, 5.74) is 0.461. The lowest BCUT2D eigenvalue weighted by Crippen LogP contribution is -2.72. The third kappa shape index (κ3) is 3.73. The average molecular weight is 405 g/mol. The zero-order valence-electron chi connectivity index (χ0n) is 13.8. The summed E-state index contributed by atoms with van der Waals surface area (Å²) in [6, 6.07) is 3.92. The van der Waals surface area contributed by atoms with Crippen LogP contribution in [0.4, 0.5) is 0 Å². The highest BCUT2D eigenvalue weighted by molar-refractivity contribution is 14.0. The second-order valence-corrected chi connectivity index (χ2v) is 6.59. The molecule has 0 saturated carbocycles. The molecule has 1 aliphatic rings. The lowest BCUT2D eigenvalue weighted by molar-refractivity contribution is -0.0667. The molecule has 4 nitrogen and oxygen atoms in total. The van der Waals surface area contributed by atoms with Gasteiger partial charge in [-0.25, -0.2) is 0 Å². The van der Waals surface area contributed by atoms with Gasteiger partial charge in [0.25, 0.3) is 0 Å². The number of furan rings is 1. The van der Waals surface area contributed by atoms with Gasteiger partial charge in [0, 0.05) is 37.0 Å². The van der Waals surface area contributed by atoms with Crippen LogP contribution < -0.4 is 5.32 Å². The molecule has 2 heterocycles. The summed E-state index contributed by atoms with van der Waals surface area (Å²) in [5, 5.41) is 3.40. The van der Waals surface area contributed by atoms with E-state index in [0.717, 1.165) is 37.8 Å². The molecule has 2 rings (SSSR count). The van der Waals surface area contributed by atoms with Crippen molar-refractivity contribution in [2.24, 2.45) is 10.4 Å². The highest BCUT2D eigenvalue weighted by atomic mass is 127. The fraction of sp³-hybridized carbons (Fsp3) is 0.688. The fourth-order valence-corrected chi connectivity index (χ4v) is 2.52. The monoisotopic (exact) mass is 405 g/mol. The summed E-state index contributed by atoms with van der Waals surface area (Å²) in [6.45, 7) is 14.0. The molecule has 1 aromatic rings. The number of hydrogen-bond acceptors (Lipinski definition) is 2. The molecule has 1 aromatic heterocycles. The summed E-state index contributed by atoms with van der Waals surface area (Å²) < 4.78 is 5.35. The van der Waals surface area contributed by atoms with E-state index in [2.05, 4.69) is 44.8 Å². The lowest BCUT2D eigenvalue weighted by atomic mass is 9.65. The molecule has 0 bridgehead atoms. The predicted molar refractivity (Wildman–Crippen MR) is 98.4 cm³/mol. The van der Waals surface area contributed by atoms with Crippen molar-refractivity contribution in [3.05, 3.63) is 24.2 Å². The topological polar surface area (TPSA) is 40.8 Å². The third-order valence-electron chi connectivity index (χ3n) is 4.67. The molecule has 1 fully saturated rings. The van der Waals surface area contributed by atoms with Gasteiger partial charge in [-0.2, -0.15) is 0 Å². The van der Waals surface area contributed by atoms with Crippen LogP contribution in [0.25, 0.3) is 0 Å². The van der Waals surface area contributed by atoms with Crippen LogP contribution in [0.2, 0.25) is 0 Å². The molecule has 1 aliphatic heterocycles. The Morgan fingerprint density at radius 1 is 1.38 bits per heavy atom. The van der Waals surface area contributed by atoms with E-state index in [9.17, 15) is 0 Å². The molecule has 0 spiro atoms. The van der Waals surface area contributed by atoms with Gasteiger partial charge in [0.2, 0.25) is 0 Å². The van der Waals surface area contributed by atoms with Gasteiger partial charge in [-0.3, -0.25) is 4.99 Å². The summed E-state index contributed by atoms with van der Waals surface area (Å²) in [5.74, 6) is 2.01. The van der Waals surface area contributed by atoms with Gasteiger partial charge in [-0.05, 0) is 32.9 Å². The van der Waals surface area contributed by atoms with Crippen LogP contribution in [-0.4, -0.2) is 36.0 Å². The van der Waals surface area contributed by atoms with Crippen molar-refractivity contribution in [1.82, 2.24) is 10.2 Å². The minimum Gasteiger partial charge on any atom is -0.469 e. The predicted octanol–water partition coefficient (Wildman–Crippen LogP) is 3.53. The van der Waals surface area contributed by atoms with Crippen molar-refractivity contribution in [3.63, 3.8) is 0 Å².